The first-order chi connectivity index (χ1) is 15.2. The molecule has 4 aliphatic carbocycles. The van der Waals surface area contributed by atoms with Crippen molar-refractivity contribution in [2.45, 2.75) is 78.6 Å². The van der Waals surface area contributed by atoms with E-state index in [-0.39, 0.29) is 17.8 Å². The van der Waals surface area contributed by atoms with Crippen molar-refractivity contribution < 1.29 is 33.4 Å². The quantitative estimate of drug-likeness (QED) is 0.276. The fourth-order valence-electron chi connectivity index (χ4n) is 8.42. The molecule has 0 N–H and O–H groups in total. The second kappa shape index (κ2) is 7.05. The predicted octanol–water partition coefficient (Wildman–Crippen LogP) is 3.18. The van der Waals surface area contributed by atoms with Crippen molar-refractivity contribution in [3.8, 4) is 0 Å². The van der Waals surface area contributed by atoms with E-state index in [0.717, 1.165) is 6.42 Å². The number of hydrogen-bond acceptors (Lipinski definition) is 7. The summed E-state index contributed by atoms with van der Waals surface area (Å²) in [5.41, 5.74) is -1.88. The van der Waals surface area contributed by atoms with Crippen molar-refractivity contribution in [2.75, 3.05) is 0 Å². The molecule has 7 heteroatoms. The van der Waals surface area contributed by atoms with Gasteiger partial charge in [-0.3, -0.25) is 14.4 Å². The first-order valence-corrected chi connectivity index (χ1v) is 12.4. The molecule has 0 aromatic carbocycles. The van der Waals surface area contributed by atoms with E-state index in [2.05, 4.69) is 13.8 Å². The predicted molar refractivity (Wildman–Crippen MR) is 116 cm³/mol. The van der Waals surface area contributed by atoms with E-state index in [1.807, 2.05) is 20.8 Å². The van der Waals surface area contributed by atoms with Gasteiger partial charge in [0.25, 0.3) is 5.78 Å². The van der Waals surface area contributed by atoms with Gasteiger partial charge in [0, 0.05) is 0 Å². The van der Waals surface area contributed by atoms with Crippen LogP contribution in [0.15, 0.2) is 0 Å². The number of cyclic esters (lactones) is 1. The molecule has 11 atom stereocenters. The molecule has 0 spiro atoms. The Balaban J connectivity index is 1.46. The van der Waals surface area contributed by atoms with Crippen LogP contribution in [-0.2, 0) is 33.4 Å². The number of ketones is 1. The molecule has 0 aromatic rings. The minimum atomic E-state index is -1.29. The van der Waals surface area contributed by atoms with E-state index in [1.54, 1.807) is 13.8 Å². The second-order valence-electron chi connectivity index (χ2n) is 12.8. The van der Waals surface area contributed by atoms with Crippen LogP contribution in [0.3, 0.4) is 0 Å². The minimum absolute atomic E-state index is 0.0474. The molecular formula is C26H36O7. The Kier molecular flexibility index (Phi) is 4.88. The third-order valence-electron chi connectivity index (χ3n) is 9.61. The number of Topliss-reactive ketones (excluding diaryl/α,β-unsaturated/α-hetero) is 1. The van der Waals surface area contributed by atoms with Crippen molar-refractivity contribution >= 4 is 23.7 Å². The van der Waals surface area contributed by atoms with Crippen molar-refractivity contribution in [1.29, 1.82) is 0 Å². The molecule has 5 rings (SSSR count). The summed E-state index contributed by atoms with van der Waals surface area (Å²) in [5.74, 6) is -0.558. The Hall–Kier alpha value is -1.92. The monoisotopic (exact) mass is 460 g/mol. The van der Waals surface area contributed by atoms with Gasteiger partial charge in [-0.25, -0.2) is 4.79 Å². The number of carbonyl (C=O) groups excluding carboxylic acids is 4. The Bertz CT molecular complexity index is 914. The highest BCUT2D eigenvalue weighted by Crippen LogP contribution is 2.73. The van der Waals surface area contributed by atoms with Gasteiger partial charge in [0.15, 0.2) is 5.60 Å². The molecule has 1 heterocycles. The molecule has 33 heavy (non-hydrogen) atoms. The summed E-state index contributed by atoms with van der Waals surface area (Å²) < 4.78 is 16.6. The molecule has 5 fully saturated rings. The van der Waals surface area contributed by atoms with Crippen LogP contribution in [0.4, 0.5) is 0 Å². The SMILES string of the molecule is CC1C(C)C2CC1C1C3CC(C(C(=O)OC(C)(C)C)C3C(=O)OC3C(=O)C(=O)OC3(C)C)C21. The summed E-state index contributed by atoms with van der Waals surface area (Å²) in [6, 6.07) is 0. The number of rotatable bonds is 3. The lowest BCUT2D eigenvalue weighted by molar-refractivity contribution is -0.180. The maximum absolute atomic E-state index is 13.6. The summed E-state index contributed by atoms with van der Waals surface area (Å²) in [6.45, 7) is 13.3. The lowest BCUT2D eigenvalue weighted by Gasteiger charge is -2.45. The van der Waals surface area contributed by atoms with Crippen LogP contribution in [0.1, 0.15) is 61.3 Å². The van der Waals surface area contributed by atoms with Crippen LogP contribution in [0.2, 0.25) is 0 Å². The second-order valence-corrected chi connectivity index (χ2v) is 12.8. The highest BCUT2D eigenvalue weighted by molar-refractivity contribution is 6.37. The van der Waals surface area contributed by atoms with Crippen LogP contribution in [0.25, 0.3) is 0 Å². The largest absolute Gasteiger partial charge is 0.460 e. The average Bonchev–Trinajstić information content (AvgIpc) is 3.44. The van der Waals surface area contributed by atoms with E-state index in [9.17, 15) is 19.2 Å². The smallest absolute Gasteiger partial charge is 0.379 e. The molecule has 0 amide bonds. The Morgan fingerprint density at radius 1 is 0.879 bits per heavy atom. The van der Waals surface area contributed by atoms with Crippen LogP contribution < -0.4 is 0 Å². The first kappa shape index (κ1) is 22.9. The summed E-state index contributed by atoms with van der Waals surface area (Å²) in [5, 5.41) is 0. The van der Waals surface area contributed by atoms with Crippen LogP contribution >= 0.6 is 0 Å². The Morgan fingerprint density at radius 3 is 1.82 bits per heavy atom. The Labute approximate surface area is 195 Å². The minimum Gasteiger partial charge on any atom is -0.460 e. The van der Waals surface area contributed by atoms with E-state index in [4.69, 9.17) is 14.2 Å². The Morgan fingerprint density at radius 2 is 1.36 bits per heavy atom. The summed E-state index contributed by atoms with van der Waals surface area (Å²) >= 11 is 0. The molecular weight excluding hydrogens is 424 g/mol. The number of fused-ring (bicyclic) bond motifs is 9. The van der Waals surface area contributed by atoms with Gasteiger partial charge in [0.2, 0.25) is 6.10 Å². The normalized spacial score (nSPS) is 46.9. The molecule has 7 nitrogen and oxygen atoms in total. The van der Waals surface area contributed by atoms with Crippen LogP contribution in [0, 0.1) is 59.2 Å². The number of ether oxygens (including phenoxy) is 3. The molecule has 0 radical (unpaired) electrons. The zero-order chi connectivity index (χ0) is 24.2. The van der Waals surface area contributed by atoms with Gasteiger partial charge >= 0.3 is 17.9 Å². The van der Waals surface area contributed by atoms with Crippen LogP contribution in [0.5, 0.6) is 0 Å². The molecule has 4 bridgehead atoms. The first-order valence-electron chi connectivity index (χ1n) is 12.4. The zero-order valence-corrected chi connectivity index (χ0v) is 20.6. The lowest BCUT2D eigenvalue weighted by Crippen LogP contribution is -2.50. The molecule has 1 aliphatic heterocycles. The van der Waals surface area contributed by atoms with Crippen molar-refractivity contribution in [2.24, 2.45) is 59.2 Å². The standard InChI is InChI=1S/C26H36O7/c1-10-11(2)13-8-12(10)16-14-9-15(17(13)16)19(23(29)32-25(3,4)5)18(14)22(28)31-21-20(27)24(30)33-26(21,6)7/h10-19,21H,8-9H2,1-7H3. The molecule has 182 valence electrons. The fourth-order valence-corrected chi connectivity index (χ4v) is 8.42. The van der Waals surface area contributed by atoms with Crippen molar-refractivity contribution in [1.82, 2.24) is 0 Å². The van der Waals surface area contributed by atoms with Gasteiger partial charge < -0.3 is 14.2 Å². The third-order valence-corrected chi connectivity index (χ3v) is 9.61. The topological polar surface area (TPSA) is 96.0 Å². The average molecular weight is 461 g/mol. The summed E-state index contributed by atoms with van der Waals surface area (Å²) in [4.78, 5) is 51.2. The maximum Gasteiger partial charge on any atom is 0.379 e. The molecule has 5 aliphatic rings. The van der Waals surface area contributed by atoms with Gasteiger partial charge in [0.1, 0.15) is 5.60 Å². The van der Waals surface area contributed by atoms with Gasteiger partial charge in [-0.2, -0.15) is 0 Å². The van der Waals surface area contributed by atoms with E-state index >= 15 is 0 Å². The third kappa shape index (κ3) is 3.20. The van der Waals surface area contributed by atoms with E-state index in [0.29, 0.717) is 35.5 Å². The van der Waals surface area contributed by atoms with Gasteiger partial charge in [-0.15, -0.1) is 0 Å². The molecule has 4 saturated carbocycles. The molecule has 11 unspecified atom stereocenters. The van der Waals surface area contributed by atoms with Crippen molar-refractivity contribution in [3.63, 3.8) is 0 Å². The fraction of sp³-hybridized carbons (Fsp3) is 0.846. The van der Waals surface area contributed by atoms with Crippen LogP contribution in [-0.4, -0.2) is 41.0 Å². The van der Waals surface area contributed by atoms with Gasteiger partial charge in [-0.1, -0.05) is 13.8 Å². The maximum atomic E-state index is 13.6. The number of carbonyl (C=O) groups is 4. The van der Waals surface area contributed by atoms with Gasteiger partial charge in [0.05, 0.1) is 11.8 Å². The lowest BCUT2D eigenvalue weighted by atomic mass is 9.59. The van der Waals surface area contributed by atoms with Gasteiger partial charge in [-0.05, 0) is 94.8 Å². The zero-order valence-electron chi connectivity index (χ0n) is 20.6. The van der Waals surface area contributed by atoms with E-state index < -0.39 is 46.9 Å². The number of esters is 3. The molecule has 1 saturated heterocycles. The number of hydrogen-bond donors (Lipinski definition) is 0. The molecule has 0 aromatic heterocycles. The summed E-state index contributed by atoms with van der Waals surface area (Å²) in [7, 11) is 0. The van der Waals surface area contributed by atoms with E-state index in [1.165, 1.54) is 6.42 Å². The van der Waals surface area contributed by atoms with Crippen molar-refractivity contribution in [3.05, 3.63) is 0 Å². The highest BCUT2D eigenvalue weighted by Gasteiger charge is 2.71. The summed E-state index contributed by atoms with van der Waals surface area (Å²) in [6.07, 6.45) is 0.706. The highest BCUT2D eigenvalue weighted by atomic mass is 16.6.